The average Bonchev–Trinajstić information content (AvgIpc) is 3.34. The Hall–Kier alpha value is -1.71. The van der Waals surface area contributed by atoms with Crippen LogP contribution in [0.25, 0.3) is 0 Å². The maximum atomic E-state index is 12.8. The average molecular weight is 1030 g/mol. The monoisotopic (exact) mass is 1030 g/mol. The van der Waals surface area contributed by atoms with Crippen molar-refractivity contribution in [3.63, 3.8) is 0 Å². The number of unbranched alkanes of at least 4 members (excludes halogenated alkanes) is 3. The molecule has 3 aliphatic heterocycles. The largest absolute Gasteiger partial charge is 0.394 e. The van der Waals surface area contributed by atoms with Crippen molar-refractivity contribution in [2.45, 2.75) is 192 Å². The number of hydrogen-bond acceptors (Lipinski definition) is 21. The van der Waals surface area contributed by atoms with Crippen LogP contribution in [0.3, 0.4) is 0 Å². The summed E-state index contributed by atoms with van der Waals surface area (Å²) in [5.74, 6) is -1.27. The summed E-state index contributed by atoms with van der Waals surface area (Å²) in [7, 11) is 0. The Balaban J connectivity index is 1.44. The zero-order chi connectivity index (χ0) is 52.5. The van der Waals surface area contributed by atoms with Gasteiger partial charge in [-0.15, -0.1) is 0 Å². The van der Waals surface area contributed by atoms with Crippen molar-refractivity contribution >= 4 is 17.3 Å². The molecule has 0 aromatic heterocycles. The summed E-state index contributed by atoms with van der Waals surface area (Å²) in [4.78, 5) is 38.5. The van der Waals surface area contributed by atoms with E-state index in [0.717, 1.165) is 0 Å². The Bertz CT molecular complexity index is 1310. The van der Waals surface area contributed by atoms with Crippen molar-refractivity contribution in [2.75, 3.05) is 79.3 Å². The summed E-state index contributed by atoms with van der Waals surface area (Å²) in [5, 5.41) is 89.4. The number of aliphatic hydroxyl groups is 9. The van der Waals surface area contributed by atoms with Gasteiger partial charge in [-0.2, -0.15) is 0 Å². The number of carbonyl (C=O) groups excluding carboxylic acids is 3. The molecule has 3 fully saturated rings. The third-order valence-electron chi connectivity index (χ3n) is 13.6. The Morgan fingerprint density at radius 2 is 0.718 bits per heavy atom. The summed E-state index contributed by atoms with van der Waals surface area (Å²) in [6.07, 6.45) is -6.69. The van der Waals surface area contributed by atoms with Crippen molar-refractivity contribution in [2.24, 2.45) is 29.1 Å². The molecule has 0 spiro atoms. The third-order valence-corrected chi connectivity index (χ3v) is 13.6. The van der Waals surface area contributed by atoms with Crippen LogP contribution in [0.1, 0.15) is 118 Å². The summed E-state index contributed by atoms with van der Waals surface area (Å²) < 4.78 is 52.5. The second kappa shape index (κ2) is 34.1. The molecule has 0 aliphatic carbocycles. The summed E-state index contributed by atoms with van der Waals surface area (Å²) >= 11 is 0. The molecule has 0 aromatic carbocycles. The van der Waals surface area contributed by atoms with E-state index in [1.54, 1.807) is 20.8 Å². The number of ketones is 3. The number of hydrogen-bond donors (Lipinski definition) is 9. The molecule has 71 heavy (non-hydrogen) atoms. The van der Waals surface area contributed by atoms with Crippen molar-refractivity contribution in [1.29, 1.82) is 0 Å². The molecule has 416 valence electrons. The minimum atomic E-state index is -1.21. The fourth-order valence-corrected chi connectivity index (χ4v) is 9.07. The smallest absolute Gasteiger partial charge is 0.163 e. The Kier molecular flexibility index (Phi) is 30.5. The summed E-state index contributed by atoms with van der Waals surface area (Å²) in [6, 6.07) is 0. The van der Waals surface area contributed by atoms with Gasteiger partial charge >= 0.3 is 0 Å². The molecule has 6 unspecified atom stereocenters. The van der Waals surface area contributed by atoms with Gasteiger partial charge in [0, 0.05) is 81.5 Å². The topological polar surface area (TPSA) is 316 Å². The lowest BCUT2D eigenvalue weighted by Crippen LogP contribution is -2.55. The second-order valence-electron chi connectivity index (χ2n) is 20.3. The van der Waals surface area contributed by atoms with Crippen LogP contribution in [-0.4, -0.2) is 216 Å². The Labute approximate surface area is 419 Å². The minimum absolute atomic E-state index is 0.0139. The first-order valence-electron chi connectivity index (χ1n) is 25.9. The molecule has 21 nitrogen and oxygen atoms in total. The normalized spacial score (nSPS) is 32.2. The van der Waals surface area contributed by atoms with E-state index in [9.17, 15) is 60.3 Å². The first kappa shape index (κ1) is 63.6. The van der Waals surface area contributed by atoms with E-state index in [4.69, 9.17) is 42.6 Å². The van der Waals surface area contributed by atoms with E-state index >= 15 is 0 Å². The van der Waals surface area contributed by atoms with Gasteiger partial charge in [-0.1, -0.05) is 34.6 Å². The number of aliphatic hydroxyl groups excluding tert-OH is 9. The van der Waals surface area contributed by atoms with E-state index in [1.165, 1.54) is 0 Å². The number of ether oxygens (including phenoxy) is 9. The van der Waals surface area contributed by atoms with E-state index < -0.39 is 117 Å². The lowest BCUT2D eigenvalue weighted by Gasteiger charge is -2.40. The SMILES string of the molecule is CC(C)CC(COCCC(=O)CCCCO[C@@H]1OC(CO)[C@H](O)[C@H](O)C1C)(COCCC(=O)CCCCO[C@@H]1OC(CO)[C@H](O)[C@H](O)C1C)COCCC(=O)CCCCO[C@@H]1OC(CO)[C@H](O)[C@H](O)C1C. The number of carbonyl (C=O) groups is 3. The maximum absolute atomic E-state index is 12.8. The molecule has 3 aliphatic rings. The van der Waals surface area contributed by atoms with Crippen LogP contribution in [0.15, 0.2) is 0 Å². The lowest BCUT2D eigenvalue weighted by molar-refractivity contribution is -0.282. The molecular weight excluding hydrogens is 937 g/mol. The second-order valence-corrected chi connectivity index (χ2v) is 20.3. The van der Waals surface area contributed by atoms with Crippen molar-refractivity contribution in [3.05, 3.63) is 0 Å². The number of Topliss-reactive ketones (excluding diaryl/α,β-unsaturated/α-hetero) is 3. The molecule has 21 heteroatoms. The van der Waals surface area contributed by atoms with E-state index in [-0.39, 0.29) is 102 Å². The van der Waals surface area contributed by atoms with Crippen molar-refractivity contribution in [3.8, 4) is 0 Å². The highest BCUT2D eigenvalue weighted by atomic mass is 16.7. The predicted molar refractivity (Wildman–Crippen MR) is 253 cm³/mol. The van der Waals surface area contributed by atoms with E-state index in [0.29, 0.717) is 64.2 Å². The quantitative estimate of drug-likeness (QED) is 0.0385. The molecule has 9 N–H and O–H groups in total. The van der Waals surface area contributed by atoms with E-state index in [2.05, 4.69) is 13.8 Å². The zero-order valence-corrected chi connectivity index (χ0v) is 42.8. The molecule has 0 amide bonds. The van der Waals surface area contributed by atoms with Crippen molar-refractivity contribution in [1.82, 2.24) is 0 Å². The summed E-state index contributed by atoms with van der Waals surface area (Å²) in [6.45, 7) is 9.77. The fourth-order valence-electron chi connectivity index (χ4n) is 9.07. The van der Waals surface area contributed by atoms with Gasteiger partial charge in [0.25, 0.3) is 0 Å². The first-order chi connectivity index (χ1) is 33.9. The molecule has 0 bridgehead atoms. The van der Waals surface area contributed by atoms with Gasteiger partial charge in [-0.25, -0.2) is 0 Å². The van der Waals surface area contributed by atoms with Crippen LogP contribution >= 0.6 is 0 Å². The highest BCUT2D eigenvalue weighted by Crippen LogP contribution is 2.31. The number of rotatable bonds is 38. The lowest BCUT2D eigenvalue weighted by atomic mass is 9.82. The van der Waals surface area contributed by atoms with Gasteiger partial charge < -0.3 is 88.6 Å². The van der Waals surface area contributed by atoms with E-state index in [1.807, 2.05) is 0 Å². The summed E-state index contributed by atoms with van der Waals surface area (Å²) in [5.41, 5.74) is -0.653. The first-order valence-corrected chi connectivity index (χ1v) is 25.9. The van der Waals surface area contributed by atoms with Crippen LogP contribution in [0.5, 0.6) is 0 Å². The zero-order valence-electron chi connectivity index (χ0n) is 42.8. The molecule has 0 aromatic rings. The molecular formula is C50H90O21. The standard InChI is InChI=1S/C50H90O21/c1-31(2)24-50(28-63-21-15-35(54)12-6-9-18-66-47-32(3)41(57)44(60)38(25-51)69-47,29-64-22-16-36(55)13-7-10-19-67-48-33(4)42(58)45(61)39(26-52)70-48)30-65-23-17-37(56)14-8-11-20-68-49-34(5)43(59)46(62)40(27-53)71-49/h31-34,38-49,51-53,57-62H,6-30H2,1-5H3/t32?,33?,34?,38?,39?,40?,41-,42-,43-,44+,45+,46+,47-,48-,49-,50?/m1/s1. The highest BCUT2D eigenvalue weighted by molar-refractivity contribution is 5.79. The molecule has 3 heterocycles. The van der Waals surface area contributed by atoms with Crippen LogP contribution < -0.4 is 0 Å². The van der Waals surface area contributed by atoms with Gasteiger partial charge in [0.05, 0.1) is 77.8 Å². The van der Waals surface area contributed by atoms with Crippen LogP contribution in [-0.2, 0) is 57.0 Å². The maximum Gasteiger partial charge on any atom is 0.163 e. The van der Waals surface area contributed by atoms with Crippen LogP contribution in [0.4, 0.5) is 0 Å². The fraction of sp³-hybridized carbons (Fsp3) is 0.940. The van der Waals surface area contributed by atoms with Gasteiger partial charge in [0.15, 0.2) is 18.9 Å². The molecule has 3 saturated heterocycles. The highest BCUT2D eigenvalue weighted by Gasteiger charge is 2.44. The molecule has 3 rings (SSSR count). The third kappa shape index (κ3) is 21.8. The van der Waals surface area contributed by atoms with Gasteiger partial charge in [0.1, 0.15) is 54.0 Å². The van der Waals surface area contributed by atoms with Crippen LogP contribution in [0, 0.1) is 29.1 Å². The van der Waals surface area contributed by atoms with Crippen molar-refractivity contribution < 1.29 is 103 Å². The molecule has 0 radical (unpaired) electrons. The Morgan fingerprint density at radius 3 is 0.972 bits per heavy atom. The van der Waals surface area contributed by atoms with Gasteiger partial charge in [0.2, 0.25) is 0 Å². The van der Waals surface area contributed by atoms with Crippen LogP contribution in [0.2, 0.25) is 0 Å². The Morgan fingerprint density at radius 1 is 0.437 bits per heavy atom. The minimum Gasteiger partial charge on any atom is -0.394 e. The predicted octanol–water partition coefficient (Wildman–Crippen LogP) is 0.732. The molecule has 15 atom stereocenters. The van der Waals surface area contributed by atoms with Gasteiger partial charge in [-0.05, 0) is 50.9 Å². The van der Waals surface area contributed by atoms with Gasteiger partial charge in [-0.3, -0.25) is 14.4 Å². The molecule has 0 saturated carbocycles.